The smallest absolute Gasteiger partial charge is 0.0593 e. The largest absolute Gasteiger partial charge is 0.380 e. The van der Waals surface area contributed by atoms with E-state index >= 15 is 0 Å². The van der Waals surface area contributed by atoms with E-state index < -0.39 is 0 Å². The summed E-state index contributed by atoms with van der Waals surface area (Å²) in [7, 11) is 0. The van der Waals surface area contributed by atoms with Crippen molar-refractivity contribution in [2.24, 2.45) is 0 Å². The van der Waals surface area contributed by atoms with Gasteiger partial charge in [-0.1, -0.05) is 43.7 Å². The number of aryl methyl sites for hydroxylation is 1. The molecule has 0 saturated heterocycles. The number of rotatable bonds is 11. The minimum absolute atomic E-state index is 0.441. The maximum Gasteiger partial charge on any atom is 0.0593 e. The Bertz CT molecular complexity index is 364. The molecule has 3 nitrogen and oxygen atoms in total. The zero-order chi connectivity index (χ0) is 15.5. The zero-order valence-corrected chi connectivity index (χ0v) is 14.2. The van der Waals surface area contributed by atoms with E-state index in [1.54, 1.807) is 0 Å². The topological polar surface area (TPSA) is 24.5 Å². The first kappa shape index (κ1) is 18.1. The molecule has 0 fully saturated rings. The fraction of sp³-hybridized carbons (Fsp3) is 0.667. The molecule has 1 rings (SSSR count). The highest BCUT2D eigenvalue weighted by Crippen LogP contribution is 2.18. The molecule has 3 heteroatoms. The number of nitrogens with zero attached hydrogens (tertiary/aromatic N) is 1. The van der Waals surface area contributed by atoms with E-state index in [4.69, 9.17) is 4.74 Å². The summed E-state index contributed by atoms with van der Waals surface area (Å²) in [6.45, 7) is 14.4. The predicted molar refractivity (Wildman–Crippen MR) is 90.8 cm³/mol. The van der Waals surface area contributed by atoms with Crippen molar-refractivity contribution in [1.29, 1.82) is 0 Å². The average molecular weight is 292 g/mol. The van der Waals surface area contributed by atoms with Crippen molar-refractivity contribution in [3.8, 4) is 0 Å². The van der Waals surface area contributed by atoms with Gasteiger partial charge >= 0.3 is 0 Å². The Labute approximate surface area is 130 Å². The molecule has 1 N–H and O–H groups in total. The summed E-state index contributed by atoms with van der Waals surface area (Å²) in [6, 6.07) is 9.34. The van der Waals surface area contributed by atoms with Crippen molar-refractivity contribution < 1.29 is 4.74 Å². The van der Waals surface area contributed by atoms with Crippen LogP contribution >= 0.6 is 0 Å². The lowest BCUT2D eigenvalue weighted by molar-refractivity contribution is 0.113. The molecule has 0 bridgehead atoms. The first-order valence-electron chi connectivity index (χ1n) is 8.31. The Kier molecular flexibility index (Phi) is 9.31. The summed E-state index contributed by atoms with van der Waals surface area (Å²) in [5.74, 6) is 0. The van der Waals surface area contributed by atoms with Crippen molar-refractivity contribution in [3.63, 3.8) is 0 Å². The minimum Gasteiger partial charge on any atom is -0.380 e. The number of hydrogen-bond donors (Lipinski definition) is 1. The first-order valence-corrected chi connectivity index (χ1v) is 8.31. The van der Waals surface area contributed by atoms with E-state index in [-0.39, 0.29) is 0 Å². The van der Waals surface area contributed by atoms with Crippen LogP contribution in [0.1, 0.15) is 44.4 Å². The molecule has 0 saturated carbocycles. The Morgan fingerprint density at radius 3 is 2.38 bits per heavy atom. The third-order valence-corrected chi connectivity index (χ3v) is 3.87. The lowest BCUT2D eigenvalue weighted by Gasteiger charge is -2.24. The van der Waals surface area contributed by atoms with Gasteiger partial charge in [0.15, 0.2) is 0 Å². The summed E-state index contributed by atoms with van der Waals surface area (Å²) in [5.41, 5.74) is 2.71. The second kappa shape index (κ2) is 10.8. The van der Waals surface area contributed by atoms with Crippen LogP contribution in [0.25, 0.3) is 0 Å². The summed E-state index contributed by atoms with van der Waals surface area (Å²) in [4.78, 5) is 2.47. The standard InChI is InChI=1S/C18H32N2O/c1-5-19-18(17-10-8-16(4)9-11-17)12-13-20(6-2)14-15-21-7-3/h8-11,18-19H,5-7,12-15H2,1-4H3. The quantitative estimate of drug-likeness (QED) is 0.633. The fourth-order valence-electron chi connectivity index (χ4n) is 2.51. The van der Waals surface area contributed by atoms with Gasteiger partial charge in [-0.15, -0.1) is 0 Å². The molecule has 0 aliphatic heterocycles. The van der Waals surface area contributed by atoms with Gasteiger partial charge in [-0.3, -0.25) is 0 Å². The van der Waals surface area contributed by atoms with E-state index in [9.17, 15) is 0 Å². The summed E-state index contributed by atoms with van der Waals surface area (Å²) >= 11 is 0. The normalized spacial score (nSPS) is 12.8. The molecule has 0 radical (unpaired) electrons. The Morgan fingerprint density at radius 1 is 1.10 bits per heavy atom. The first-order chi connectivity index (χ1) is 10.2. The molecule has 1 aromatic carbocycles. The molecule has 0 spiro atoms. The predicted octanol–water partition coefficient (Wildman–Crippen LogP) is 3.39. The maximum absolute atomic E-state index is 5.46. The number of hydrogen-bond acceptors (Lipinski definition) is 3. The van der Waals surface area contributed by atoms with Gasteiger partial charge in [-0.25, -0.2) is 0 Å². The van der Waals surface area contributed by atoms with Gasteiger partial charge in [0.2, 0.25) is 0 Å². The van der Waals surface area contributed by atoms with Crippen LogP contribution in [-0.4, -0.2) is 44.3 Å². The highest BCUT2D eigenvalue weighted by atomic mass is 16.5. The maximum atomic E-state index is 5.46. The molecule has 1 aromatic rings. The molecule has 0 aliphatic carbocycles. The van der Waals surface area contributed by atoms with Gasteiger partial charge in [0.1, 0.15) is 0 Å². The second-order valence-corrected chi connectivity index (χ2v) is 5.44. The number of likely N-dealkylation sites (N-methyl/N-ethyl adjacent to an activating group) is 1. The molecule has 1 atom stereocenters. The van der Waals surface area contributed by atoms with Crippen molar-refractivity contribution >= 4 is 0 Å². The lowest BCUT2D eigenvalue weighted by atomic mass is 10.0. The van der Waals surface area contributed by atoms with Crippen molar-refractivity contribution in [2.75, 3.05) is 39.4 Å². The summed E-state index contributed by atoms with van der Waals surface area (Å²) in [6.07, 6.45) is 1.14. The van der Waals surface area contributed by atoms with Crippen LogP contribution in [0.5, 0.6) is 0 Å². The summed E-state index contributed by atoms with van der Waals surface area (Å²) < 4.78 is 5.46. The van der Waals surface area contributed by atoms with Crippen molar-refractivity contribution in [3.05, 3.63) is 35.4 Å². The highest BCUT2D eigenvalue weighted by Gasteiger charge is 2.12. The molecule has 21 heavy (non-hydrogen) atoms. The number of nitrogens with one attached hydrogen (secondary N) is 1. The van der Waals surface area contributed by atoms with E-state index in [0.717, 1.165) is 45.8 Å². The molecule has 1 unspecified atom stereocenters. The Hall–Kier alpha value is -0.900. The third-order valence-electron chi connectivity index (χ3n) is 3.87. The van der Waals surface area contributed by atoms with Crippen molar-refractivity contribution in [1.82, 2.24) is 10.2 Å². The van der Waals surface area contributed by atoms with E-state index in [1.165, 1.54) is 11.1 Å². The van der Waals surface area contributed by atoms with E-state index in [0.29, 0.717) is 6.04 Å². The average Bonchev–Trinajstić information content (AvgIpc) is 2.50. The second-order valence-electron chi connectivity index (χ2n) is 5.44. The molecule has 0 heterocycles. The van der Waals surface area contributed by atoms with Crippen LogP contribution in [0.4, 0.5) is 0 Å². The Morgan fingerprint density at radius 2 is 1.81 bits per heavy atom. The highest BCUT2D eigenvalue weighted by molar-refractivity contribution is 5.24. The van der Waals surface area contributed by atoms with Crippen molar-refractivity contribution in [2.45, 2.75) is 40.2 Å². The summed E-state index contributed by atoms with van der Waals surface area (Å²) in [5, 5.41) is 3.61. The molecular weight excluding hydrogens is 260 g/mol. The van der Waals surface area contributed by atoms with Crippen LogP contribution in [0, 0.1) is 6.92 Å². The molecule has 120 valence electrons. The SMILES string of the molecule is CCNC(CCN(CC)CCOCC)c1ccc(C)cc1. The monoisotopic (exact) mass is 292 g/mol. The van der Waals surface area contributed by atoms with Gasteiger partial charge in [0.05, 0.1) is 6.61 Å². The lowest BCUT2D eigenvalue weighted by Crippen LogP contribution is -2.32. The van der Waals surface area contributed by atoms with Gasteiger partial charge in [-0.05, 0) is 38.9 Å². The van der Waals surface area contributed by atoms with Gasteiger partial charge in [-0.2, -0.15) is 0 Å². The van der Waals surface area contributed by atoms with E-state index in [2.05, 4.69) is 62.2 Å². The molecule has 0 amide bonds. The van der Waals surface area contributed by atoms with Crippen LogP contribution in [-0.2, 0) is 4.74 Å². The van der Waals surface area contributed by atoms with Crippen LogP contribution in [0.15, 0.2) is 24.3 Å². The fourth-order valence-corrected chi connectivity index (χ4v) is 2.51. The molecule has 0 aliphatic rings. The van der Waals surface area contributed by atoms with Crippen LogP contribution < -0.4 is 5.32 Å². The van der Waals surface area contributed by atoms with Crippen LogP contribution in [0.3, 0.4) is 0 Å². The Balaban J connectivity index is 2.51. The third kappa shape index (κ3) is 7.07. The van der Waals surface area contributed by atoms with Gasteiger partial charge < -0.3 is 15.0 Å². The van der Waals surface area contributed by atoms with Gasteiger partial charge in [0.25, 0.3) is 0 Å². The molecular formula is C18H32N2O. The minimum atomic E-state index is 0.441. The van der Waals surface area contributed by atoms with E-state index in [1.807, 2.05) is 0 Å². The van der Waals surface area contributed by atoms with Gasteiger partial charge in [0, 0.05) is 25.7 Å². The molecule has 0 aromatic heterocycles. The number of benzene rings is 1. The number of ether oxygens (including phenoxy) is 1. The zero-order valence-electron chi connectivity index (χ0n) is 14.2. The van der Waals surface area contributed by atoms with Crippen LogP contribution in [0.2, 0.25) is 0 Å².